The molecule has 0 saturated carbocycles. The van der Waals surface area contributed by atoms with Gasteiger partial charge in [-0.25, -0.2) is 14.4 Å². The molecule has 0 bridgehead atoms. The second-order valence-electron chi connectivity index (χ2n) is 6.79. The summed E-state index contributed by atoms with van der Waals surface area (Å²) in [4.78, 5) is 20.8. The molecule has 0 spiro atoms. The number of pyridine rings is 2. The molecule has 0 radical (unpaired) electrons. The van der Waals surface area contributed by atoms with Crippen LogP contribution in [0.25, 0.3) is 0 Å². The fraction of sp³-hybridized carbons (Fsp3) is 0.316. The van der Waals surface area contributed by atoms with Crippen molar-refractivity contribution < 1.29 is 9.18 Å². The first-order valence-electron chi connectivity index (χ1n) is 8.68. The van der Waals surface area contributed by atoms with E-state index in [2.05, 4.69) is 25.5 Å². The van der Waals surface area contributed by atoms with E-state index in [1.807, 2.05) is 24.6 Å². The number of aryl methyl sites for hydroxylation is 1. The van der Waals surface area contributed by atoms with Crippen molar-refractivity contribution in [1.82, 2.24) is 24.7 Å². The van der Waals surface area contributed by atoms with Crippen molar-refractivity contribution in [3.05, 3.63) is 59.8 Å². The normalized spacial score (nSPS) is 12.6. The quantitative estimate of drug-likeness (QED) is 0.631. The monoisotopic (exact) mass is 400 g/mol. The van der Waals surface area contributed by atoms with Crippen molar-refractivity contribution in [3.8, 4) is 0 Å². The van der Waals surface area contributed by atoms with Crippen molar-refractivity contribution in [2.45, 2.75) is 36.8 Å². The molecule has 7 nitrogen and oxygen atoms in total. The highest BCUT2D eigenvalue weighted by atomic mass is 32.2. The zero-order chi connectivity index (χ0) is 20.3. The highest BCUT2D eigenvalue weighted by Crippen LogP contribution is 2.33. The van der Waals surface area contributed by atoms with Crippen LogP contribution in [0.5, 0.6) is 0 Å². The van der Waals surface area contributed by atoms with E-state index in [0.29, 0.717) is 5.82 Å². The number of hydrogen-bond donors (Lipinski definition) is 1. The zero-order valence-corrected chi connectivity index (χ0v) is 16.9. The smallest absolute Gasteiger partial charge is 0.275 e. The van der Waals surface area contributed by atoms with Gasteiger partial charge in [0.25, 0.3) is 5.91 Å². The summed E-state index contributed by atoms with van der Waals surface area (Å²) in [5.74, 6) is -0.0380. The highest BCUT2D eigenvalue weighted by molar-refractivity contribution is 7.99. The number of hydrogen-bond acceptors (Lipinski definition) is 6. The lowest BCUT2D eigenvalue weighted by atomic mass is 10.1. The fourth-order valence-corrected chi connectivity index (χ4v) is 3.35. The fourth-order valence-electron chi connectivity index (χ4n) is 2.45. The third-order valence-electron chi connectivity index (χ3n) is 4.04. The maximum atomic E-state index is 14.1. The summed E-state index contributed by atoms with van der Waals surface area (Å²) < 4.78 is 15.9. The molecular formula is C19H21FN6OS. The van der Waals surface area contributed by atoms with Gasteiger partial charge in [0.05, 0.1) is 5.69 Å². The Hall–Kier alpha value is -2.81. The molecule has 0 unspecified atom stereocenters. The molecule has 9 heteroatoms. The van der Waals surface area contributed by atoms with E-state index in [1.165, 1.54) is 13.8 Å². The van der Waals surface area contributed by atoms with E-state index in [0.717, 1.165) is 10.7 Å². The predicted molar refractivity (Wildman–Crippen MR) is 106 cm³/mol. The molecule has 1 N–H and O–H groups in total. The minimum atomic E-state index is -1.62. The number of anilines is 1. The SMILES string of the molecule is C[C@H](Sc1nncn1C)c1ccnc(NC(=O)c2cccc(C(C)(C)F)n2)c1. The molecule has 3 rings (SSSR count). The molecule has 0 saturated heterocycles. The van der Waals surface area contributed by atoms with Gasteiger partial charge in [-0.3, -0.25) is 4.79 Å². The summed E-state index contributed by atoms with van der Waals surface area (Å²) >= 11 is 1.55. The zero-order valence-electron chi connectivity index (χ0n) is 16.0. The van der Waals surface area contributed by atoms with Crippen LogP contribution in [-0.2, 0) is 12.7 Å². The van der Waals surface area contributed by atoms with Crippen LogP contribution in [0.2, 0.25) is 0 Å². The van der Waals surface area contributed by atoms with E-state index in [-0.39, 0.29) is 16.6 Å². The number of aromatic nitrogens is 5. The molecule has 3 aromatic heterocycles. The van der Waals surface area contributed by atoms with Gasteiger partial charge in [0.15, 0.2) is 5.16 Å². The molecule has 0 aliphatic carbocycles. The molecule has 3 heterocycles. The molecule has 0 aliphatic rings. The standard InChI is InChI=1S/C19H21FN6OS/c1-12(28-18-25-22-11-26(18)4)13-8-9-21-16(10-13)24-17(27)14-6-5-7-15(23-14)19(2,3)20/h5-12H,1-4H3,(H,21,24,27)/t12-/m0/s1. The Bertz CT molecular complexity index is 984. The Labute approximate surface area is 166 Å². The second kappa shape index (κ2) is 8.05. The third kappa shape index (κ3) is 4.72. The number of nitrogens with one attached hydrogen (secondary N) is 1. The third-order valence-corrected chi connectivity index (χ3v) is 5.24. The minimum Gasteiger partial charge on any atom is -0.312 e. The van der Waals surface area contributed by atoms with Crippen LogP contribution in [-0.4, -0.2) is 30.6 Å². The van der Waals surface area contributed by atoms with Gasteiger partial charge in [-0.05, 0) is 50.6 Å². The Balaban J connectivity index is 1.74. The van der Waals surface area contributed by atoms with Crippen LogP contribution >= 0.6 is 11.8 Å². The molecule has 28 heavy (non-hydrogen) atoms. The maximum Gasteiger partial charge on any atom is 0.275 e. The Morgan fingerprint density at radius 3 is 2.79 bits per heavy atom. The molecular weight excluding hydrogens is 379 g/mol. The van der Waals surface area contributed by atoms with Crippen LogP contribution in [0, 0.1) is 0 Å². The lowest BCUT2D eigenvalue weighted by Crippen LogP contribution is -2.18. The highest BCUT2D eigenvalue weighted by Gasteiger charge is 2.22. The van der Waals surface area contributed by atoms with E-state index in [9.17, 15) is 9.18 Å². The van der Waals surface area contributed by atoms with E-state index in [4.69, 9.17) is 0 Å². The van der Waals surface area contributed by atoms with Crippen molar-refractivity contribution in [2.24, 2.45) is 7.05 Å². The largest absolute Gasteiger partial charge is 0.312 e. The average Bonchev–Trinajstić information content (AvgIpc) is 3.06. The van der Waals surface area contributed by atoms with Gasteiger partial charge in [-0.1, -0.05) is 17.8 Å². The summed E-state index contributed by atoms with van der Waals surface area (Å²) in [5.41, 5.74) is -0.307. The minimum absolute atomic E-state index is 0.0790. The predicted octanol–water partition coefficient (Wildman–Crippen LogP) is 3.92. The van der Waals surface area contributed by atoms with Gasteiger partial charge in [-0.15, -0.1) is 10.2 Å². The molecule has 1 atom stereocenters. The molecule has 1 amide bonds. The Morgan fingerprint density at radius 1 is 1.32 bits per heavy atom. The average molecular weight is 400 g/mol. The maximum absolute atomic E-state index is 14.1. The van der Waals surface area contributed by atoms with E-state index < -0.39 is 11.6 Å². The van der Waals surface area contributed by atoms with Crippen molar-refractivity contribution in [1.29, 1.82) is 0 Å². The van der Waals surface area contributed by atoms with Crippen LogP contribution in [0.4, 0.5) is 10.2 Å². The number of carbonyl (C=O) groups excluding carboxylic acids is 1. The summed E-state index contributed by atoms with van der Waals surface area (Å²) in [6, 6.07) is 8.40. The Kier molecular flexibility index (Phi) is 5.73. The van der Waals surface area contributed by atoms with Crippen molar-refractivity contribution in [2.75, 3.05) is 5.32 Å². The van der Waals surface area contributed by atoms with Gasteiger partial charge in [0, 0.05) is 18.5 Å². The van der Waals surface area contributed by atoms with Gasteiger partial charge in [-0.2, -0.15) is 0 Å². The number of thioether (sulfide) groups is 1. The number of halogens is 1. The lowest BCUT2D eigenvalue weighted by molar-refractivity contribution is 0.102. The van der Waals surface area contributed by atoms with Gasteiger partial charge >= 0.3 is 0 Å². The van der Waals surface area contributed by atoms with Crippen LogP contribution in [0.1, 0.15) is 47.8 Å². The van der Waals surface area contributed by atoms with Crippen molar-refractivity contribution >= 4 is 23.5 Å². The van der Waals surface area contributed by atoms with Crippen LogP contribution in [0.3, 0.4) is 0 Å². The van der Waals surface area contributed by atoms with Gasteiger partial charge in [0.1, 0.15) is 23.5 Å². The molecule has 0 aromatic carbocycles. The summed E-state index contributed by atoms with van der Waals surface area (Å²) in [6.07, 6.45) is 3.28. The first kappa shape index (κ1) is 19.9. The molecule has 146 valence electrons. The second-order valence-corrected chi connectivity index (χ2v) is 8.10. The summed E-state index contributed by atoms with van der Waals surface area (Å²) in [6.45, 7) is 4.84. The first-order chi connectivity index (χ1) is 13.2. The summed E-state index contributed by atoms with van der Waals surface area (Å²) in [5, 5.41) is 11.5. The number of carbonyl (C=O) groups is 1. The number of nitrogens with zero attached hydrogens (tertiary/aromatic N) is 5. The number of rotatable bonds is 6. The number of amides is 1. The van der Waals surface area contributed by atoms with Gasteiger partial charge < -0.3 is 9.88 Å². The van der Waals surface area contributed by atoms with E-state index >= 15 is 0 Å². The van der Waals surface area contributed by atoms with Gasteiger partial charge in [0.2, 0.25) is 0 Å². The van der Waals surface area contributed by atoms with Crippen molar-refractivity contribution in [3.63, 3.8) is 0 Å². The van der Waals surface area contributed by atoms with Crippen LogP contribution < -0.4 is 5.32 Å². The molecule has 3 aromatic rings. The summed E-state index contributed by atoms with van der Waals surface area (Å²) in [7, 11) is 1.88. The Morgan fingerprint density at radius 2 is 2.11 bits per heavy atom. The number of alkyl halides is 1. The lowest BCUT2D eigenvalue weighted by Gasteiger charge is -2.14. The first-order valence-corrected chi connectivity index (χ1v) is 9.56. The van der Waals surface area contributed by atoms with E-state index in [1.54, 1.807) is 48.6 Å². The molecule has 0 aliphatic heterocycles. The topological polar surface area (TPSA) is 85.6 Å². The molecule has 0 fully saturated rings. The van der Waals surface area contributed by atoms with Crippen LogP contribution in [0.15, 0.2) is 48.0 Å².